The van der Waals surface area contributed by atoms with Crippen LogP contribution < -0.4 is 10.5 Å². The van der Waals surface area contributed by atoms with E-state index in [2.05, 4.69) is 11.1 Å². The number of thiazole rings is 1. The Balaban J connectivity index is 2.16. The van der Waals surface area contributed by atoms with Gasteiger partial charge in [-0.25, -0.2) is 4.98 Å². The second-order valence-electron chi connectivity index (χ2n) is 3.19. The molecular weight excluding hydrogens is 208 g/mol. The lowest BCUT2D eigenvalue weighted by atomic mass is 10.1. The smallest absolute Gasteiger partial charge is 0.180 e. The monoisotopic (exact) mass is 220 g/mol. The summed E-state index contributed by atoms with van der Waals surface area (Å²) < 4.78 is 5.16. The van der Waals surface area contributed by atoms with E-state index in [-0.39, 0.29) is 0 Å². The summed E-state index contributed by atoms with van der Waals surface area (Å²) in [4.78, 5) is 5.19. The van der Waals surface area contributed by atoms with Gasteiger partial charge in [-0.05, 0) is 17.7 Å². The average Bonchev–Trinajstić information content (AvgIpc) is 2.64. The lowest BCUT2D eigenvalue weighted by Crippen LogP contribution is -1.87. The van der Waals surface area contributed by atoms with Crippen LogP contribution in [0.4, 0.5) is 5.13 Å². The Bertz CT molecular complexity index is 453. The maximum atomic E-state index is 5.57. The first kappa shape index (κ1) is 9.98. The molecule has 0 saturated heterocycles. The average molecular weight is 220 g/mol. The van der Waals surface area contributed by atoms with Crippen LogP contribution in [0.3, 0.4) is 0 Å². The topological polar surface area (TPSA) is 48.1 Å². The van der Waals surface area contributed by atoms with Gasteiger partial charge in [0.15, 0.2) is 5.13 Å². The fourth-order valence-corrected chi connectivity index (χ4v) is 2.11. The van der Waals surface area contributed by atoms with Gasteiger partial charge in [0, 0.05) is 17.5 Å². The van der Waals surface area contributed by atoms with Gasteiger partial charge in [-0.1, -0.05) is 12.1 Å². The summed E-state index contributed by atoms with van der Waals surface area (Å²) in [5.41, 5.74) is 6.78. The van der Waals surface area contributed by atoms with E-state index < -0.39 is 0 Å². The number of methoxy groups -OCH3 is 1. The lowest BCUT2D eigenvalue weighted by molar-refractivity contribution is 0.414. The summed E-state index contributed by atoms with van der Waals surface area (Å²) in [6.45, 7) is 0. The van der Waals surface area contributed by atoms with Gasteiger partial charge in [-0.3, -0.25) is 0 Å². The van der Waals surface area contributed by atoms with Crippen LogP contribution in [0.25, 0.3) is 0 Å². The number of hydrogen-bond donors (Lipinski definition) is 1. The summed E-state index contributed by atoms with van der Waals surface area (Å²) in [5.74, 6) is 0.880. The summed E-state index contributed by atoms with van der Waals surface area (Å²) in [7, 11) is 1.67. The highest BCUT2D eigenvalue weighted by molar-refractivity contribution is 7.15. The summed E-state index contributed by atoms with van der Waals surface area (Å²) in [6.07, 6.45) is 2.67. The number of nitrogens with two attached hydrogens (primary N) is 1. The normalized spacial score (nSPS) is 10.2. The van der Waals surface area contributed by atoms with E-state index in [1.165, 1.54) is 21.8 Å². The van der Waals surface area contributed by atoms with Crippen LogP contribution in [0, 0.1) is 0 Å². The molecule has 3 nitrogen and oxygen atoms in total. The van der Waals surface area contributed by atoms with E-state index in [0.29, 0.717) is 5.13 Å². The number of hydrogen-bond acceptors (Lipinski definition) is 4. The highest BCUT2D eigenvalue weighted by Gasteiger charge is 2.01. The minimum Gasteiger partial charge on any atom is -0.497 e. The van der Waals surface area contributed by atoms with E-state index in [9.17, 15) is 0 Å². The Labute approximate surface area is 92.5 Å². The largest absolute Gasteiger partial charge is 0.497 e. The molecule has 78 valence electrons. The molecule has 0 bridgehead atoms. The number of nitrogen functional groups attached to an aromatic ring is 1. The lowest BCUT2D eigenvalue weighted by Gasteiger charge is -2.02. The van der Waals surface area contributed by atoms with Crippen molar-refractivity contribution in [3.05, 3.63) is 40.9 Å². The van der Waals surface area contributed by atoms with Crippen molar-refractivity contribution >= 4 is 16.5 Å². The zero-order valence-corrected chi connectivity index (χ0v) is 9.25. The summed E-state index contributed by atoms with van der Waals surface area (Å²) >= 11 is 1.52. The Morgan fingerprint density at radius 2 is 2.33 bits per heavy atom. The molecular formula is C11H12N2OS. The minimum atomic E-state index is 0.618. The van der Waals surface area contributed by atoms with Gasteiger partial charge >= 0.3 is 0 Å². The molecule has 0 radical (unpaired) electrons. The quantitative estimate of drug-likeness (QED) is 0.863. The van der Waals surface area contributed by atoms with Gasteiger partial charge in [0.25, 0.3) is 0 Å². The van der Waals surface area contributed by atoms with Crippen molar-refractivity contribution in [1.29, 1.82) is 0 Å². The molecule has 0 unspecified atom stereocenters. The summed E-state index contributed by atoms with van der Waals surface area (Å²) in [5, 5.41) is 0.618. The van der Waals surface area contributed by atoms with Crippen LogP contribution in [0.15, 0.2) is 30.5 Å². The molecule has 1 heterocycles. The van der Waals surface area contributed by atoms with Crippen molar-refractivity contribution in [3.63, 3.8) is 0 Å². The Morgan fingerprint density at radius 3 is 3.00 bits per heavy atom. The zero-order chi connectivity index (χ0) is 10.7. The molecule has 1 aromatic heterocycles. The van der Waals surface area contributed by atoms with E-state index >= 15 is 0 Å². The van der Waals surface area contributed by atoms with E-state index in [1.54, 1.807) is 7.11 Å². The third-order valence-corrected chi connectivity index (χ3v) is 2.91. The van der Waals surface area contributed by atoms with Gasteiger partial charge in [0.1, 0.15) is 5.75 Å². The second-order valence-corrected chi connectivity index (χ2v) is 4.34. The fourth-order valence-electron chi connectivity index (χ4n) is 1.39. The highest BCUT2D eigenvalue weighted by Crippen LogP contribution is 2.20. The first-order valence-corrected chi connectivity index (χ1v) is 5.42. The van der Waals surface area contributed by atoms with Crippen molar-refractivity contribution in [2.24, 2.45) is 0 Å². The van der Waals surface area contributed by atoms with Gasteiger partial charge < -0.3 is 10.5 Å². The number of benzene rings is 1. The third-order valence-electron chi connectivity index (χ3n) is 2.08. The van der Waals surface area contributed by atoms with Crippen molar-refractivity contribution in [1.82, 2.24) is 4.98 Å². The predicted molar refractivity (Wildman–Crippen MR) is 62.3 cm³/mol. The molecule has 4 heteroatoms. The van der Waals surface area contributed by atoms with Gasteiger partial charge in [-0.2, -0.15) is 0 Å². The fraction of sp³-hybridized carbons (Fsp3) is 0.182. The van der Waals surface area contributed by atoms with Crippen molar-refractivity contribution in [2.45, 2.75) is 6.42 Å². The molecule has 0 saturated carbocycles. The first-order chi connectivity index (χ1) is 7.28. The maximum absolute atomic E-state index is 5.57. The molecule has 0 atom stereocenters. The maximum Gasteiger partial charge on any atom is 0.180 e. The molecule has 0 spiro atoms. The van der Waals surface area contributed by atoms with Gasteiger partial charge in [-0.15, -0.1) is 11.3 Å². The van der Waals surface area contributed by atoms with Crippen LogP contribution in [0.1, 0.15) is 10.4 Å². The molecule has 0 aliphatic heterocycles. The van der Waals surface area contributed by atoms with E-state index in [0.717, 1.165) is 12.2 Å². The van der Waals surface area contributed by atoms with Gasteiger partial charge in [0.2, 0.25) is 0 Å². The molecule has 2 N–H and O–H groups in total. The number of aromatic nitrogens is 1. The minimum absolute atomic E-state index is 0.618. The standard InChI is InChI=1S/C11H12N2OS/c1-14-9-4-2-3-8(5-9)6-10-7-13-11(12)15-10/h2-5,7H,6H2,1H3,(H2,12,13). The number of anilines is 1. The number of nitrogens with zero attached hydrogens (tertiary/aromatic N) is 1. The molecule has 0 fully saturated rings. The van der Waals surface area contributed by atoms with Crippen LogP contribution >= 0.6 is 11.3 Å². The number of rotatable bonds is 3. The Hall–Kier alpha value is -1.55. The molecule has 0 amide bonds. The molecule has 1 aromatic carbocycles. The van der Waals surface area contributed by atoms with Gasteiger partial charge in [0.05, 0.1) is 7.11 Å². The van der Waals surface area contributed by atoms with E-state index in [1.807, 2.05) is 24.4 Å². The zero-order valence-electron chi connectivity index (χ0n) is 8.43. The Morgan fingerprint density at radius 1 is 1.47 bits per heavy atom. The van der Waals surface area contributed by atoms with E-state index in [4.69, 9.17) is 10.5 Å². The molecule has 2 aromatic rings. The first-order valence-electron chi connectivity index (χ1n) is 4.61. The molecule has 15 heavy (non-hydrogen) atoms. The van der Waals surface area contributed by atoms with Crippen molar-refractivity contribution in [2.75, 3.05) is 12.8 Å². The molecule has 0 aliphatic carbocycles. The van der Waals surface area contributed by atoms with Crippen LogP contribution in [0.5, 0.6) is 5.75 Å². The molecule has 2 rings (SSSR count). The SMILES string of the molecule is COc1cccc(Cc2cnc(N)s2)c1. The summed E-state index contributed by atoms with van der Waals surface area (Å²) in [6, 6.07) is 8.01. The van der Waals surface area contributed by atoms with Crippen molar-refractivity contribution < 1.29 is 4.74 Å². The highest BCUT2D eigenvalue weighted by atomic mass is 32.1. The predicted octanol–water partition coefficient (Wildman–Crippen LogP) is 2.32. The van der Waals surface area contributed by atoms with Crippen molar-refractivity contribution in [3.8, 4) is 5.75 Å². The van der Waals surface area contributed by atoms with Crippen LogP contribution in [-0.4, -0.2) is 12.1 Å². The van der Waals surface area contributed by atoms with Crippen LogP contribution in [-0.2, 0) is 6.42 Å². The third kappa shape index (κ3) is 2.47. The number of ether oxygens (including phenoxy) is 1. The Kier molecular flexibility index (Phi) is 2.87. The van der Waals surface area contributed by atoms with Crippen LogP contribution in [0.2, 0.25) is 0 Å². The molecule has 0 aliphatic rings. The second kappa shape index (κ2) is 4.31.